The Labute approximate surface area is 285 Å². The minimum Gasteiger partial charge on any atom is -0.507 e. The molecule has 0 amide bonds. The van der Waals surface area contributed by atoms with E-state index in [-0.39, 0.29) is 22.3 Å². The highest BCUT2D eigenvalue weighted by Gasteiger charge is 2.27. The van der Waals surface area contributed by atoms with Gasteiger partial charge in [-0.15, -0.1) is 0 Å². The number of aliphatic hydroxyl groups is 5. The minimum absolute atomic E-state index is 0.109. The SMILES string of the molecule is CC(C)(C)c1cc(CCC(=O)O)cc(C(C)(C)C)c1O.CCCCCCCCCCCCCCC(O)=S.OCC(CO)(CO)CO. The molecule has 270 valence electrons. The quantitative estimate of drug-likeness (QED) is 0.0540. The van der Waals surface area contributed by atoms with Crippen LogP contribution >= 0.6 is 12.2 Å². The van der Waals surface area contributed by atoms with Crippen LogP contribution in [-0.4, -0.2) is 73.2 Å². The zero-order valence-corrected chi connectivity index (χ0v) is 30.9. The average Bonchev–Trinajstić information content (AvgIpc) is 2.98. The van der Waals surface area contributed by atoms with Crippen molar-refractivity contribution in [3.63, 3.8) is 0 Å². The lowest BCUT2D eigenvalue weighted by Gasteiger charge is -2.28. The number of aliphatic carboxylic acids is 1. The van der Waals surface area contributed by atoms with Crippen LogP contribution in [0.4, 0.5) is 0 Å². The molecule has 8 nitrogen and oxygen atoms in total. The van der Waals surface area contributed by atoms with E-state index < -0.39 is 37.8 Å². The van der Waals surface area contributed by atoms with Gasteiger partial charge in [-0.05, 0) is 52.6 Å². The second-order valence-electron chi connectivity index (χ2n) is 14.6. The summed E-state index contributed by atoms with van der Waals surface area (Å²) in [5, 5.41) is 62.4. The van der Waals surface area contributed by atoms with Crippen molar-refractivity contribution < 1.29 is 40.5 Å². The summed E-state index contributed by atoms with van der Waals surface area (Å²) in [5.41, 5.74) is 1.27. The van der Waals surface area contributed by atoms with E-state index in [0.29, 0.717) is 18.6 Å². The third-order valence-corrected chi connectivity index (χ3v) is 8.20. The number of phenols is 1. The monoisotopic (exact) mass is 672 g/mol. The van der Waals surface area contributed by atoms with E-state index in [1.165, 1.54) is 70.6 Å². The van der Waals surface area contributed by atoms with Crippen molar-refractivity contribution >= 4 is 23.2 Å². The number of aromatic hydroxyl groups is 1. The molecule has 0 saturated carbocycles. The molecule has 0 radical (unpaired) electrons. The first-order valence-electron chi connectivity index (χ1n) is 17.2. The number of hydrogen-bond acceptors (Lipinski definition) is 7. The molecule has 0 aliphatic rings. The number of rotatable bonds is 20. The third-order valence-electron chi connectivity index (χ3n) is 8.00. The number of hydrogen-bond donors (Lipinski definition) is 7. The molecule has 9 heteroatoms. The highest BCUT2D eigenvalue weighted by molar-refractivity contribution is 7.80. The van der Waals surface area contributed by atoms with E-state index in [4.69, 9.17) is 30.6 Å². The summed E-state index contributed by atoms with van der Waals surface area (Å²) in [6, 6.07) is 3.88. The second kappa shape index (κ2) is 25.3. The van der Waals surface area contributed by atoms with Crippen molar-refractivity contribution in [1.82, 2.24) is 0 Å². The lowest BCUT2D eigenvalue weighted by molar-refractivity contribution is -0.136. The molecule has 0 heterocycles. The lowest BCUT2D eigenvalue weighted by atomic mass is 9.78. The number of aryl methyl sites for hydroxylation is 1. The Morgan fingerprint density at radius 2 is 0.978 bits per heavy atom. The van der Waals surface area contributed by atoms with Crippen molar-refractivity contribution in [2.75, 3.05) is 26.4 Å². The van der Waals surface area contributed by atoms with Crippen molar-refractivity contribution in [1.29, 1.82) is 0 Å². The maximum atomic E-state index is 10.8. The normalized spacial score (nSPS) is 11.7. The van der Waals surface area contributed by atoms with Gasteiger partial charge in [-0.25, -0.2) is 0 Å². The van der Waals surface area contributed by atoms with Crippen LogP contribution in [0.5, 0.6) is 5.75 Å². The van der Waals surface area contributed by atoms with Crippen LogP contribution in [0.1, 0.15) is 155 Å². The fourth-order valence-corrected chi connectivity index (χ4v) is 4.79. The fraction of sp³-hybridized carbons (Fsp3) is 0.784. The van der Waals surface area contributed by atoms with Gasteiger partial charge in [-0.3, -0.25) is 4.79 Å². The zero-order chi connectivity index (χ0) is 35.8. The molecule has 0 spiro atoms. The molecule has 0 atom stereocenters. The van der Waals surface area contributed by atoms with Gasteiger partial charge in [0.25, 0.3) is 0 Å². The Bertz CT molecular complexity index is 893. The van der Waals surface area contributed by atoms with Gasteiger partial charge in [0.05, 0.1) is 31.8 Å². The lowest BCUT2D eigenvalue weighted by Crippen LogP contribution is -2.37. The summed E-state index contributed by atoms with van der Waals surface area (Å²) >= 11 is 4.63. The summed E-state index contributed by atoms with van der Waals surface area (Å²) < 4.78 is 0. The number of carboxylic acid groups (broad SMARTS) is 1. The van der Waals surface area contributed by atoms with E-state index in [1.54, 1.807) is 0 Å². The van der Waals surface area contributed by atoms with Crippen molar-refractivity contribution in [2.24, 2.45) is 5.41 Å². The van der Waals surface area contributed by atoms with Crippen molar-refractivity contribution in [2.45, 2.75) is 156 Å². The van der Waals surface area contributed by atoms with E-state index >= 15 is 0 Å². The fourth-order valence-electron chi connectivity index (χ4n) is 4.65. The summed E-state index contributed by atoms with van der Waals surface area (Å²) in [6.07, 6.45) is 17.5. The van der Waals surface area contributed by atoms with Gasteiger partial charge in [0.2, 0.25) is 0 Å². The first kappa shape index (κ1) is 46.3. The summed E-state index contributed by atoms with van der Waals surface area (Å²) in [5.74, 6) is -0.461. The number of benzene rings is 1. The number of carbonyl (C=O) groups is 1. The molecule has 7 N–H and O–H groups in total. The summed E-state index contributed by atoms with van der Waals surface area (Å²) in [6.45, 7) is 12.9. The Balaban J connectivity index is 0. The predicted molar refractivity (Wildman–Crippen MR) is 193 cm³/mol. The number of thiocarbonyl (C=S) groups is 1. The molecule has 0 unspecified atom stereocenters. The van der Waals surface area contributed by atoms with E-state index in [0.717, 1.165) is 23.1 Å². The molecular formula is C37H68O8S. The maximum absolute atomic E-state index is 10.8. The summed E-state index contributed by atoms with van der Waals surface area (Å²) in [7, 11) is 0. The van der Waals surface area contributed by atoms with Gasteiger partial charge in [0, 0.05) is 12.8 Å². The van der Waals surface area contributed by atoms with Crippen LogP contribution in [0.2, 0.25) is 0 Å². The van der Waals surface area contributed by atoms with Crippen LogP contribution in [0.25, 0.3) is 0 Å². The first-order valence-corrected chi connectivity index (χ1v) is 17.6. The Hall–Kier alpha value is -1.78. The van der Waals surface area contributed by atoms with Gasteiger partial charge in [0.1, 0.15) is 5.75 Å². The highest BCUT2D eigenvalue weighted by Crippen LogP contribution is 2.40. The van der Waals surface area contributed by atoms with Crippen LogP contribution in [0.15, 0.2) is 12.1 Å². The molecule has 0 aromatic heterocycles. The number of unbranched alkanes of at least 4 members (excludes halogenated alkanes) is 11. The summed E-state index contributed by atoms with van der Waals surface area (Å²) in [4.78, 5) is 10.8. The van der Waals surface area contributed by atoms with Gasteiger partial charge < -0.3 is 35.7 Å². The number of carboxylic acids is 1. The first-order chi connectivity index (χ1) is 21.4. The number of aliphatic hydroxyl groups excluding tert-OH is 5. The smallest absolute Gasteiger partial charge is 0.303 e. The van der Waals surface area contributed by atoms with Gasteiger partial charge in [-0.2, -0.15) is 0 Å². The van der Waals surface area contributed by atoms with Crippen LogP contribution in [0, 0.1) is 5.41 Å². The Kier molecular flexibility index (Phi) is 25.5. The second-order valence-corrected chi connectivity index (χ2v) is 15.1. The molecule has 1 rings (SSSR count). The largest absolute Gasteiger partial charge is 0.507 e. The molecule has 0 fully saturated rings. The predicted octanol–water partition coefficient (Wildman–Crippen LogP) is 7.91. The Morgan fingerprint density at radius 1 is 0.630 bits per heavy atom. The molecule has 0 saturated heterocycles. The molecule has 0 aliphatic heterocycles. The maximum Gasteiger partial charge on any atom is 0.303 e. The average molecular weight is 673 g/mol. The van der Waals surface area contributed by atoms with Gasteiger partial charge >= 0.3 is 5.97 Å². The zero-order valence-electron chi connectivity index (χ0n) is 30.0. The molecule has 1 aromatic rings. The van der Waals surface area contributed by atoms with Crippen LogP contribution < -0.4 is 0 Å². The topological polar surface area (TPSA) is 159 Å². The van der Waals surface area contributed by atoms with Gasteiger partial charge in [0.15, 0.2) is 5.05 Å². The number of phenolic OH excluding ortho intramolecular Hbond substituents is 1. The van der Waals surface area contributed by atoms with E-state index in [1.807, 2.05) is 12.1 Å². The molecule has 1 aromatic carbocycles. The van der Waals surface area contributed by atoms with Crippen LogP contribution in [-0.2, 0) is 22.0 Å². The molecule has 0 bridgehead atoms. The van der Waals surface area contributed by atoms with Crippen molar-refractivity contribution in [3.05, 3.63) is 28.8 Å². The van der Waals surface area contributed by atoms with Crippen LogP contribution in [0.3, 0.4) is 0 Å². The minimum atomic E-state index is -1.11. The standard InChI is InChI=1S/C17H26O3.C15H30OS.C5H12O4/c1-16(2,3)12-9-11(7-8-14(18)19)10-13(15(12)20)17(4,5)6;1-2-3-4-5-6-7-8-9-10-11-12-13-14-15(16)17;6-1-5(2-7,3-8)4-9/h9-10,20H,7-8H2,1-6H3,(H,18,19);2-14H2,1H3,(H,16,17);6-9H,1-4H2. The Morgan fingerprint density at radius 3 is 1.24 bits per heavy atom. The molecule has 0 aliphatic carbocycles. The highest BCUT2D eigenvalue weighted by atomic mass is 32.1. The van der Waals surface area contributed by atoms with Crippen molar-refractivity contribution in [3.8, 4) is 5.75 Å². The molecular weight excluding hydrogens is 604 g/mol. The van der Waals surface area contributed by atoms with E-state index in [9.17, 15) is 9.90 Å². The molecule has 46 heavy (non-hydrogen) atoms. The van der Waals surface area contributed by atoms with Gasteiger partial charge in [-0.1, -0.05) is 131 Å². The van der Waals surface area contributed by atoms with E-state index in [2.05, 4.69) is 60.7 Å². The third kappa shape index (κ3) is 21.9.